The lowest BCUT2D eigenvalue weighted by atomic mass is 10.0. The van der Waals surface area contributed by atoms with Gasteiger partial charge in [-0.15, -0.1) is 0 Å². The predicted molar refractivity (Wildman–Crippen MR) is 119 cm³/mol. The third-order valence-corrected chi connectivity index (χ3v) is 5.98. The largest absolute Gasteiger partial charge is 0.315 e. The molecule has 28 heavy (non-hydrogen) atoms. The molecule has 2 aromatic carbocycles. The molecule has 2 aromatic heterocycles. The number of nitrogens with zero attached hydrogens (tertiary/aromatic N) is 3. The van der Waals surface area contributed by atoms with Crippen LogP contribution in [0.25, 0.3) is 27.7 Å². The number of rotatable bonds is 3. The van der Waals surface area contributed by atoms with Crippen LogP contribution in [0.15, 0.2) is 65.3 Å². The quantitative estimate of drug-likeness (QED) is 0.506. The van der Waals surface area contributed by atoms with Gasteiger partial charge in [0.25, 0.3) is 0 Å². The first-order valence-electron chi connectivity index (χ1n) is 9.87. The maximum absolute atomic E-state index is 5.02. The van der Waals surface area contributed by atoms with E-state index in [4.69, 9.17) is 4.98 Å². The molecule has 1 fully saturated rings. The van der Waals surface area contributed by atoms with Gasteiger partial charge in [-0.1, -0.05) is 36.4 Å². The first-order valence-corrected chi connectivity index (χ1v) is 10.7. The van der Waals surface area contributed by atoms with Crippen molar-refractivity contribution in [3.8, 4) is 11.3 Å². The summed E-state index contributed by atoms with van der Waals surface area (Å²) in [5.41, 5.74) is 4.52. The lowest BCUT2D eigenvalue weighted by molar-refractivity contribution is 0.281. The number of hydrogen-bond donors (Lipinski definition) is 1. The zero-order valence-corrected chi connectivity index (χ0v) is 17.3. The molecule has 1 saturated heterocycles. The van der Waals surface area contributed by atoms with Crippen molar-refractivity contribution in [1.82, 2.24) is 19.6 Å². The zero-order chi connectivity index (χ0) is 18.9. The Balaban J connectivity index is 1.63. The summed E-state index contributed by atoms with van der Waals surface area (Å²) in [4.78, 5) is 7.56. The second kappa shape index (κ2) is 7.66. The third-order valence-electron chi connectivity index (χ3n) is 5.51. The molecule has 1 aliphatic heterocycles. The Labute approximate surface area is 173 Å². The smallest absolute Gasteiger partial charge is 0.137 e. The minimum absolute atomic E-state index is 0.904. The number of fused-ring (bicyclic) bond motifs is 2. The van der Waals surface area contributed by atoms with Gasteiger partial charge in [0.15, 0.2) is 0 Å². The Morgan fingerprint density at radius 3 is 2.79 bits per heavy atom. The Hall–Kier alpha value is -2.21. The van der Waals surface area contributed by atoms with E-state index in [1.165, 1.54) is 28.5 Å². The van der Waals surface area contributed by atoms with Crippen LogP contribution in [0.1, 0.15) is 12.1 Å². The maximum Gasteiger partial charge on any atom is 0.137 e. The van der Waals surface area contributed by atoms with Crippen molar-refractivity contribution < 1.29 is 0 Å². The Kier molecular flexibility index (Phi) is 4.89. The monoisotopic (exact) mass is 434 g/mol. The average Bonchev–Trinajstić information content (AvgIpc) is 2.89. The summed E-state index contributed by atoms with van der Waals surface area (Å²) < 4.78 is 3.31. The van der Waals surface area contributed by atoms with Gasteiger partial charge in [-0.25, -0.2) is 4.98 Å². The molecule has 0 saturated carbocycles. The Bertz CT molecular complexity index is 1130. The summed E-state index contributed by atoms with van der Waals surface area (Å²) in [6.45, 7) is 5.24. The SMILES string of the molecule is Brc1ccc2nc(-c3ccc4ccccc4c3)c(CN3CCCNCC3)n2c1. The number of aromatic nitrogens is 2. The highest BCUT2D eigenvalue weighted by Crippen LogP contribution is 2.29. The highest BCUT2D eigenvalue weighted by molar-refractivity contribution is 9.10. The fourth-order valence-electron chi connectivity index (χ4n) is 4.06. The molecule has 0 atom stereocenters. The summed E-state index contributed by atoms with van der Waals surface area (Å²) >= 11 is 3.63. The van der Waals surface area contributed by atoms with Gasteiger partial charge in [0.2, 0.25) is 0 Å². The number of pyridine rings is 1. The van der Waals surface area contributed by atoms with Crippen LogP contribution in [0.4, 0.5) is 0 Å². The standard InChI is InChI=1S/C23H23BrN4/c24-20-8-9-22-26-23(19-7-6-17-4-1-2-5-18(17)14-19)21(28(22)15-20)16-27-12-3-10-25-11-13-27/h1-2,4-9,14-15,25H,3,10-13,16H2. The van der Waals surface area contributed by atoms with Gasteiger partial charge < -0.3 is 9.72 Å². The van der Waals surface area contributed by atoms with E-state index in [1.54, 1.807) is 0 Å². The van der Waals surface area contributed by atoms with Crippen LogP contribution in [0, 0.1) is 0 Å². The van der Waals surface area contributed by atoms with Crippen LogP contribution in [-0.2, 0) is 6.54 Å². The van der Waals surface area contributed by atoms with E-state index >= 15 is 0 Å². The molecule has 1 aliphatic rings. The normalized spacial score (nSPS) is 15.9. The van der Waals surface area contributed by atoms with E-state index in [1.807, 2.05) is 0 Å². The molecular weight excluding hydrogens is 412 g/mol. The van der Waals surface area contributed by atoms with Gasteiger partial charge in [0.1, 0.15) is 5.65 Å². The van der Waals surface area contributed by atoms with Crippen LogP contribution < -0.4 is 5.32 Å². The fourth-order valence-corrected chi connectivity index (χ4v) is 4.39. The molecule has 0 spiro atoms. The van der Waals surface area contributed by atoms with Crippen molar-refractivity contribution >= 4 is 32.3 Å². The molecule has 3 heterocycles. The van der Waals surface area contributed by atoms with Gasteiger partial charge >= 0.3 is 0 Å². The van der Waals surface area contributed by atoms with Gasteiger partial charge in [-0.05, 0) is 64.4 Å². The van der Waals surface area contributed by atoms with E-state index in [0.29, 0.717) is 0 Å². The van der Waals surface area contributed by atoms with Gasteiger partial charge in [-0.2, -0.15) is 0 Å². The third kappa shape index (κ3) is 3.46. The van der Waals surface area contributed by atoms with E-state index in [2.05, 4.69) is 91.3 Å². The van der Waals surface area contributed by atoms with Crippen LogP contribution in [-0.4, -0.2) is 40.5 Å². The number of benzene rings is 2. The number of halogens is 1. The first-order chi connectivity index (χ1) is 13.8. The lowest BCUT2D eigenvalue weighted by Gasteiger charge is -2.20. The summed E-state index contributed by atoms with van der Waals surface area (Å²) in [5.74, 6) is 0. The molecule has 0 bridgehead atoms. The molecule has 1 N–H and O–H groups in total. The summed E-state index contributed by atoms with van der Waals surface area (Å²) in [5, 5.41) is 6.01. The lowest BCUT2D eigenvalue weighted by Crippen LogP contribution is -2.28. The molecule has 0 amide bonds. The van der Waals surface area contributed by atoms with Gasteiger partial charge in [-0.3, -0.25) is 4.90 Å². The van der Waals surface area contributed by atoms with Gasteiger partial charge in [0, 0.05) is 35.9 Å². The van der Waals surface area contributed by atoms with Crippen molar-refractivity contribution in [2.75, 3.05) is 26.2 Å². The highest BCUT2D eigenvalue weighted by atomic mass is 79.9. The molecule has 0 unspecified atom stereocenters. The summed E-state index contributed by atoms with van der Waals surface area (Å²) in [7, 11) is 0. The zero-order valence-electron chi connectivity index (χ0n) is 15.7. The molecular formula is C23H23BrN4. The van der Waals surface area contributed by atoms with E-state index in [9.17, 15) is 0 Å². The van der Waals surface area contributed by atoms with Crippen molar-refractivity contribution in [3.05, 3.63) is 71.0 Å². The van der Waals surface area contributed by atoms with Crippen LogP contribution in [0.5, 0.6) is 0 Å². The highest BCUT2D eigenvalue weighted by Gasteiger charge is 2.18. The van der Waals surface area contributed by atoms with Crippen LogP contribution in [0.2, 0.25) is 0 Å². The van der Waals surface area contributed by atoms with Crippen molar-refractivity contribution in [1.29, 1.82) is 0 Å². The molecule has 142 valence electrons. The molecule has 0 radical (unpaired) electrons. The fraction of sp³-hybridized carbons (Fsp3) is 0.261. The topological polar surface area (TPSA) is 32.6 Å². The second-order valence-corrected chi connectivity index (χ2v) is 8.34. The average molecular weight is 435 g/mol. The summed E-state index contributed by atoms with van der Waals surface area (Å²) in [6.07, 6.45) is 3.32. The minimum Gasteiger partial charge on any atom is -0.315 e. The molecule has 4 aromatic rings. The summed E-state index contributed by atoms with van der Waals surface area (Å²) in [6, 6.07) is 19.3. The Morgan fingerprint density at radius 1 is 0.964 bits per heavy atom. The minimum atomic E-state index is 0.904. The van der Waals surface area contributed by atoms with Crippen molar-refractivity contribution in [2.45, 2.75) is 13.0 Å². The second-order valence-electron chi connectivity index (χ2n) is 7.42. The van der Waals surface area contributed by atoms with E-state index in [0.717, 1.165) is 48.5 Å². The predicted octanol–water partition coefficient (Wildman–Crippen LogP) is 4.71. The van der Waals surface area contributed by atoms with Gasteiger partial charge in [0.05, 0.1) is 11.4 Å². The molecule has 4 nitrogen and oxygen atoms in total. The van der Waals surface area contributed by atoms with E-state index in [-0.39, 0.29) is 0 Å². The van der Waals surface area contributed by atoms with Crippen molar-refractivity contribution in [3.63, 3.8) is 0 Å². The molecule has 5 heteroatoms. The first kappa shape index (κ1) is 17.9. The van der Waals surface area contributed by atoms with Crippen molar-refractivity contribution in [2.24, 2.45) is 0 Å². The number of hydrogen-bond acceptors (Lipinski definition) is 3. The number of imidazole rings is 1. The Morgan fingerprint density at radius 2 is 1.86 bits per heavy atom. The molecule has 5 rings (SSSR count). The number of nitrogens with one attached hydrogen (secondary N) is 1. The maximum atomic E-state index is 5.02. The van der Waals surface area contributed by atoms with E-state index < -0.39 is 0 Å². The molecule has 0 aliphatic carbocycles. The van der Waals surface area contributed by atoms with Crippen LogP contribution >= 0.6 is 15.9 Å². The van der Waals surface area contributed by atoms with Crippen LogP contribution in [0.3, 0.4) is 0 Å².